The monoisotopic (exact) mass is 554 g/mol. The van der Waals surface area contributed by atoms with Crippen LogP contribution in [0.5, 0.6) is 5.75 Å². The third-order valence-electron chi connectivity index (χ3n) is 6.32. The highest BCUT2D eigenvalue weighted by molar-refractivity contribution is 7.46. The molecule has 0 saturated carbocycles. The first-order valence-corrected chi connectivity index (χ1v) is 14.0. The molecule has 11 nitrogen and oxygen atoms in total. The Bertz CT molecular complexity index is 1070. The average molecular weight is 555 g/mol. The molecule has 0 unspecified atom stereocenters. The number of aryl methyl sites for hydroxylation is 1. The molecule has 1 aliphatic heterocycles. The van der Waals surface area contributed by atoms with Crippen molar-refractivity contribution in [3.8, 4) is 5.75 Å². The average Bonchev–Trinajstić information content (AvgIpc) is 2.82. The summed E-state index contributed by atoms with van der Waals surface area (Å²) in [4.78, 5) is 43.0. The van der Waals surface area contributed by atoms with Crippen molar-refractivity contribution >= 4 is 25.5 Å². The van der Waals surface area contributed by atoms with Gasteiger partial charge in [-0.2, -0.15) is 0 Å². The number of phosphoric ester groups is 1. The van der Waals surface area contributed by atoms with Gasteiger partial charge in [0.1, 0.15) is 5.75 Å². The summed E-state index contributed by atoms with van der Waals surface area (Å²) in [7, 11) is -1.61. The minimum absolute atomic E-state index is 0.0320. The first kappa shape index (κ1) is 31.5. The molecule has 38 heavy (non-hydrogen) atoms. The number of anilines is 1. The highest BCUT2D eigenvalue weighted by Crippen LogP contribution is 2.39. The molecular formula is C26H39N2O9P. The number of rotatable bonds is 5. The van der Waals surface area contributed by atoms with Crippen LogP contribution in [0.4, 0.5) is 10.5 Å². The van der Waals surface area contributed by atoms with E-state index in [0.717, 1.165) is 30.4 Å². The number of phosphoric acid groups is 1. The standard InChI is InChI=1S/C26H39N2O9P/c1-17-8-5-11-21(34-3)12-7-10-19-14-20(16-22(15-19)37-38(31,32)33)28-25(29)18(2)9-6-13-23(35-4)24(17)36-26(27)30/h8-9,14-16,21,23-24H,5-7,10-13H2,1-4H3,(H2,27,30)(H,28,29)(H2,31,32,33)/b17-8+,18-9+/t21-,23+,24+/m1/s1. The summed E-state index contributed by atoms with van der Waals surface area (Å²) in [6.07, 6.45) is 6.04. The fourth-order valence-corrected chi connectivity index (χ4v) is 4.74. The highest BCUT2D eigenvalue weighted by Gasteiger charge is 2.26. The van der Waals surface area contributed by atoms with E-state index in [2.05, 4.69) is 5.32 Å². The second-order valence-corrected chi connectivity index (χ2v) is 10.4. The van der Waals surface area contributed by atoms with Crippen LogP contribution in [-0.2, 0) is 30.0 Å². The van der Waals surface area contributed by atoms with Gasteiger partial charge in [0.15, 0.2) is 6.10 Å². The number of methoxy groups -OCH3 is 2. The molecule has 0 radical (unpaired) electrons. The lowest BCUT2D eigenvalue weighted by molar-refractivity contribution is -0.112. The van der Waals surface area contributed by atoms with Gasteiger partial charge in [-0.1, -0.05) is 12.2 Å². The third-order valence-corrected chi connectivity index (χ3v) is 6.77. The fourth-order valence-electron chi connectivity index (χ4n) is 4.36. The predicted molar refractivity (Wildman–Crippen MR) is 143 cm³/mol. The minimum atomic E-state index is -4.78. The number of primary amides is 1. The van der Waals surface area contributed by atoms with Crippen molar-refractivity contribution in [1.82, 2.24) is 0 Å². The third kappa shape index (κ3) is 11.0. The van der Waals surface area contributed by atoms with E-state index in [4.69, 9.17) is 24.5 Å². The van der Waals surface area contributed by atoms with Crippen molar-refractivity contribution in [3.05, 3.63) is 47.1 Å². The van der Waals surface area contributed by atoms with Crippen LogP contribution in [0.2, 0.25) is 0 Å². The summed E-state index contributed by atoms with van der Waals surface area (Å²) in [6.45, 7) is 3.52. The van der Waals surface area contributed by atoms with Gasteiger partial charge in [-0.3, -0.25) is 14.6 Å². The van der Waals surface area contributed by atoms with Crippen LogP contribution in [0.3, 0.4) is 0 Å². The van der Waals surface area contributed by atoms with E-state index in [1.165, 1.54) is 13.2 Å². The summed E-state index contributed by atoms with van der Waals surface area (Å²) in [5, 5.41) is 2.77. The van der Waals surface area contributed by atoms with Crippen molar-refractivity contribution in [2.24, 2.45) is 5.73 Å². The second-order valence-electron chi connectivity index (χ2n) is 9.27. The van der Waals surface area contributed by atoms with Gasteiger partial charge in [-0.05, 0) is 82.1 Å². The summed E-state index contributed by atoms with van der Waals surface area (Å²) in [6, 6.07) is 4.68. The van der Waals surface area contributed by atoms with Gasteiger partial charge in [-0.15, -0.1) is 0 Å². The minimum Gasteiger partial charge on any atom is -0.439 e. The Morgan fingerprint density at radius 1 is 1.05 bits per heavy atom. The van der Waals surface area contributed by atoms with Crippen molar-refractivity contribution in [1.29, 1.82) is 0 Å². The van der Waals surface area contributed by atoms with Crippen LogP contribution in [0, 0.1) is 0 Å². The lowest BCUT2D eigenvalue weighted by Gasteiger charge is -2.26. The van der Waals surface area contributed by atoms with E-state index in [0.29, 0.717) is 36.9 Å². The number of fused-ring (bicyclic) bond motifs is 2. The number of hydrogen-bond donors (Lipinski definition) is 4. The van der Waals surface area contributed by atoms with Crippen LogP contribution in [-0.4, -0.2) is 54.3 Å². The summed E-state index contributed by atoms with van der Waals surface area (Å²) < 4.78 is 32.8. The molecule has 0 fully saturated rings. The zero-order valence-corrected chi connectivity index (χ0v) is 23.2. The lowest BCUT2D eigenvalue weighted by atomic mass is 9.98. The van der Waals surface area contributed by atoms with Gasteiger partial charge in [0.05, 0.1) is 12.2 Å². The molecule has 12 heteroatoms. The maximum atomic E-state index is 12.8. The molecule has 0 saturated heterocycles. The van der Waals surface area contributed by atoms with E-state index >= 15 is 0 Å². The number of allylic oxidation sites excluding steroid dienone is 2. The van der Waals surface area contributed by atoms with Crippen LogP contribution in [0.15, 0.2) is 41.5 Å². The number of amides is 2. The molecular weight excluding hydrogens is 515 g/mol. The van der Waals surface area contributed by atoms with Crippen LogP contribution >= 0.6 is 7.82 Å². The lowest BCUT2D eigenvalue weighted by Crippen LogP contribution is -2.35. The first-order chi connectivity index (χ1) is 17.9. The van der Waals surface area contributed by atoms with E-state index < -0.39 is 26.1 Å². The summed E-state index contributed by atoms with van der Waals surface area (Å²) >= 11 is 0. The quantitative estimate of drug-likeness (QED) is 0.305. The Morgan fingerprint density at radius 2 is 1.76 bits per heavy atom. The molecule has 0 spiro atoms. The molecule has 1 aromatic rings. The van der Waals surface area contributed by atoms with Gasteiger partial charge in [0, 0.05) is 31.5 Å². The van der Waals surface area contributed by atoms with Crippen LogP contribution in [0.1, 0.15) is 57.9 Å². The van der Waals surface area contributed by atoms with Gasteiger partial charge in [0.2, 0.25) is 0 Å². The number of nitrogens with one attached hydrogen (secondary N) is 1. The van der Waals surface area contributed by atoms with Crippen LogP contribution in [0.25, 0.3) is 0 Å². The number of ether oxygens (including phenoxy) is 3. The Morgan fingerprint density at radius 3 is 2.39 bits per heavy atom. The molecule has 1 heterocycles. The van der Waals surface area contributed by atoms with Gasteiger partial charge < -0.3 is 29.8 Å². The number of carbonyl (C=O) groups is 2. The molecule has 1 aromatic carbocycles. The number of benzene rings is 1. The summed E-state index contributed by atoms with van der Waals surface area (Å²) in [5.74, 6) is -0.414. The van der Waals surface area contributed by atoms with Crippen molar-refractivity contribution in [2.45, 2.75) is 77.1 Å². The van der Waals surface area contributed by atoms with Crippen molar-refractivity contribution in [2.75, 3.05) is 19.5 Å². The van der Waals surface area contributed by atoms with E-state index in [1.54, 1.807) is 32.2 Å². The molecule has 0 aliphatic carbocycles. The second kappa shape index (κ2) is 15.0. The fraction of sp³-hybridized carbons (Fsp3) is 0.538. The normalized spacial score (nSPS) is 25.3. The van der Waals surface area contributed by atoms with E-state index in [1.807, 2.05) is 13.0 Å². The Kier molecular flexibility index (Phi) is 12.5. The number of carbonyl (C=O) groups excluding carboxylic acids is 2. The van der Waals surface area contributed by atoms with Gasteiger partial charge in [0.25, 0.3) is 5.91 Å². The van der Waals surface area contributed by atoms with Crippen molar-refractivity contribution in [3.63, 3.8) is 0 Å². The zero-order chi connectivity index (χ0) is 28.3. The maximum Gasteiger partial charge on any atom is 0.524 e. The van der Waals surface area contributed by atoms with E-state index in [-0.39, 0.29) is 17.8 Å². The number of hydrogen-bond acceptors (Lipinski definition) is 7. The predicted octanol–water partition coefficient (Wildman–Crippen LogP) is 4.38. The largest absolute Gasteiger partial charge is 0.524 e. The topological polar surface area (TPSA) is 167 Å². The Labute approximate surface area is 223 Å². The molecule has 2 bridgehead atoms. The summed E-state index contributed by atoms with van der Waals surface area (Å²) in [5.41, 5.74) is 7.68. The van der Waals surface area contributed by atoms with Crippen LogP contribution < -0.4 is 15.6 Å². The number of nitrogens with two attached hydrogens (primary N) is 1. The van der Waals surface area contributed by atoms with Crippen molar-refractivity contribution < 1.29 is 42.7 Å². The van der Waals surface area contributed by atoms with Gasteiger partial charge in [-0.25, -0.2) is 9.36 Å². The molecule has 2 amide bonds. The molecule has 0 aromatic heterocycles. The zero-order valence-electron chi connectivity index (χ0n) is 22.3. The first-order valence-electron chi connectivity index (χ1n) is 12.5. The molecule has 1 aliphatic rings. The van der Waals surface area contributed by atoms with E-state index in [9.17, 15) is 23.9 Å². The smallest absolute Gasteiger partial charge is 0.439 e. The Hall–Kier alpha value is -2.69. The Balaban J connectivity index is 2.37. The molecule has 212 valence electrons. The highest BCUT2D eigenvalue weighted by atomic mass is 31.2. The SMILES string of the molecule is CO[C@@H]1CC/C=C(\C)[C@H](OC(N)=O)[C@@H](OC)CC/C=C(\C)C(=O)Nc2cc(cc(OP(=O)(O)O)c2)CCC1. The molecule has 5 N–H and O–H groups in total. The molecule has 3 atom stereocenters. The maximum absolute atomic E-state index is 12.8. The molecule has 2 rings (SSSR count). The van der Waals surface area contributed by atoms with Gasteiger partial charge >= 0.3 is 13.9 Å².